The van der Waals surface area contributed by atoms with Crippen molar-refractivity contribution in [1.29, 1.82) is 0 Å². The van der Waals surface area contributed by atoms with E-state index in [-0.39, 0.29) is 42.9 Å². The lowest BCUT2D eigenvalue weighted by molar-refractivity contribution is -0.153. The monoisotopic (exact) mass is 511 g/mol. The summed E-state index contributed by atoms with van der Waals surface area (Å²) in [5.74, 6) is -0.411. The van der Waals surface area contributed by atoms with Gasteiger partial charge >= 0.3 is 6.18 Å². The van der Waals surface area contributed by atoms with E-state index < -0.39 is 23.3 Å². The Morgan fingerprint density at radius 1 is 1.25 bits per heavy atom. The zero-order chi connectivity index (χ0) is 26.3. The molecule has 1 heterocycles. The zero-order valence-corrected chi connectivity index (χ0v) is 20.1. The van der Waals surface area contributed by atoms with Gasteiger partial charge in [-0.3, -0.25) is 4.79 Å². The average Bonchev–Trinajstić information content (AvgIpc) is 3.15. The summed E-state index contributed by atoms with van der Waals surface area (Å²) in [6.07, 6.45) is -3.01. The van der Waals surface area contributed by atoms with Crippen LogP contribution in [0.5, 0.6) is 11.5 Å². The third-order valence-electron chi connectivity index (χ3n) is 5.98. The topological polar surface area (TPSA) is 117 Å². The number of amides is 1. The van der Waals surface area contributed by atoms with Gasteiger partial charge in [0.25, 0.3) is 5.91 Å². The summed E-state index contributed by atoms with van der Waals surface area (Å²) in [7, 11) is 0. The number of rotatable bonds is 13. The first-order valence-corrected chi connectivity index (χ1v) is 11.8. The molecule has 1 aliphatic heterocycles. The van der Waals surface area contributed by atoms with Crippen molar-refractivity contribution in [1.82, 2.24) is 9.96 Å². The maximum absolute atomic E-state index is 13.3. The van der Waals surface area contributed by atoms with E-state index in [1.165, 1.54) is 6.07 Å². The highest BCUT2D eigenvalue weighted by atomic mass is 19.4. The average molecular weight is 512 g/mol. The zero-order valence-electron chi connectivity index (χ0n) is 20.1. The number of hydrogen-bond acceptors (Lipinski definition) is 6. The number of alkyl halides is 3. The first-order chi connectivity index (χ1) is 17.0. The molecule has 0 fully saturated rings. The Kier molecular flexibility index (Phi) is 9.18. The van der Waals surface area contributed by atoms with Crippen LogP contribution in [0, 0.1) is 5.21 Å². The molecule has 0 saturated carbocycles. The molecule has 1 unspecified atom stereocenters. The molecule has 0 spiro atoms. The number of aliphatic hydroxyl groups excluding tert-OH is 1. The number of hydroxylamine groups is 2. The molecule has 0 radical (unpaired) electrons. The number of quaternary nitrogens is 1. The van der Waals surface area contributed by atoms with E-state index in [1.54, 1.807) is 24.3 Å². The van der Waals surface area contributed by atoms with Gasteiger partial charge in [-0.2, -0.15) is 13.2 Å². The molecule has 0 aliphatic carbocycles. The molecule has 2 atom stereocenters. The van der Waals surface area contributed by atoms with E-state index in [0.717, 1.165) is 11.1 Å². The number of hydrogen-bond donors (Lipinski definition) is 3. The van der Waals surface area contributed by atoms with Crippen molar-refractivity contribution in [2.45, 2.75) is 38.4 Å². The van der Waals surface area contributed by atoms with Gasteiger partial charge in [0, 0.05) is 37.6 Å². The number of halogens is 3. The number of para-hydroxylation sites is 2. The number of carbonyl (C=O) groups is 1. The van der Waals surface area contributed by atoms with Gasteiger partial charge in [-0.15, -0.1) is 0 Å². The van der Waals surface area contributed by atoms with Gasteiger partial charge in [0.2, 0.25) is 0 Å². The van der Waals surface area contributed by atoms with Crippen molar-refractivity contribution >= 4 is 11.6 Å². The molecule has 3 rings (SSSR count). The molecule has 11 heteroatoms. The largest absolute Gasteiger partial charge is 0.627 e. The SMILES string of the molecule is C[C@H](Cc1cc2c(c(C(N)=O)c1)[N+]([O-])(CCCO)CC2)NCCOc1ccccc1OCC(F)(F)F. The van der Waals surface area contributed by atoms with Gasteiger partial charge in [0.1, 0.15) is 17.9 Å². The summed E-state index contributed by atoms with van der Waals surface area (Å²) >= 11 is 0. The van der Waals surface area contributed by atoms with E-state index in [4.69, 9.17) is 20.3 Å². The fraction of sp³-hybridized carbons (Fsp3) is 0.480. The van der Waals surface area contributed by atoms with E-state index in [9.17, 15) is 23.2 Å². The van der Waals surface area contributed by atoms with Gasteiger partial charge in [-0.25, -0.2) is 0 Å². The quantitative estimate of drug-likeness (QED) is 0.216. The number of carbonyl (C=O) groups excluding carboxylic acids is 1. The Labute approximate surface area is 208 Å². The lowest BCUT2D eigenvalue weighted by atomic mass is 9.98. The Bertz CT molecular complexity index is 1050. The number of aliphatic hydroxyl groups is 1. The van der Waals surface area contributed by atoms with Gasteiger partial charge < -0.3 is 35.5 Å². The summed E-state index contributed by atoms with van der Waals surface area (Å²) in [6.45, 7) is 1.57. The molecule has 1 amide bonds. The molecule has 0 aromatic heterocycles. The standard InChI is InChI=1S/C25H32F3N3O5/c1-17(30-8-12-35-21-5-2-3-6-22(21)36-16-25(26,27)28)13-18-14-19-7-10-31(34,9-4-11-32)23(19)20(15-18)24(29)33/h2-3,5-6,14-15,17,30,32H,4,7-13,16H2,1H3,(H2,29,33)/t17-,31?/m1/s1. The number of ether oxygens (including phenoxy) is 2. The molecule has 0 saturated heterocycles. The third-order valence-corrected chi connectivity index (χ3v) is 5.98. The molecule has 1 aliphatic rings. The van der Waals surface area contributed by atoms with Crippen LogP contribution in [0.15, 0.2) is 36.4 Å². The molecule has 4 N–H and O–H groups in total. The highest BCUT2D eigenvalue weighted by Gasteiger charge is 2.35. The van der Waals surface area contributed by atoms with Crippen molar-refractivity contribution in [3.05, 3.63) is 58.3 Å². The highest BCUT2D eigenvalue weighted by molar-refractivity contribution is 5.99. The molecular weight excluding hydrogens is 479 g/mol. The van der Waals surface area contributed by atoms with Crippen LogP contribution >= 0.6 is 0 Å². The second-order valence-electron chi connectivity index (χ2n) is 8.94. The second kappa shape index (κ2) is 11.9. The lowest BCUT2D eigenvalue weighted by Gasteiger charge is -2.39. The number of nitrogens with zero attached hydrogens (tertiary/aromatic N) is 1. The van der Waals surface area contributed by atoms with Gasteiger partial charge in [0.05, 0.1) is 13.1 Å². The Morgan fingerprint density at radius 2 is 1.94 bits per heavy atom. The van der Waals surface area contributed by atoms with Gasteiger partial charge in [-0.1, -0.05) is 12.1 Å². The first kappa shape index (κ1) is 27.7. The fourth-order valence-corrected chi connectivity index (χ4v) is 4.44. The molecule has 8 nitrogen and oxygen atoms in total. The summed E-state index contributed by atoms with van der Waals surface area (Å²) in [5.41, 5.74) is 7.90. The lowest BCUT2D eigenvalue weighted by Crippen LogP contribution is -2.43. The Hall–Kier alpha value is -2.86. The van der Waals surface area contributed by atoms with Crippen LogP contribution in [-0.4, -0.2) is 62.7 Å². The minimum absolute atomic E-state index is 0.0202. The summed E-state index contributed by atoms with van der Waals surface area (Å²) in [5, 5.41) is 25.7. The number of nitrogens with one attached hydrogen (secondary N) is 1. The Morgan fingerprint density at radius 3 is 2.58 bits per heavy atom. The normalized spacial score (nSPS) is 18.1. The maximum atomic E-state index is 13.3. The summed E-state index contributed by atoms with van der Waals surface area (Å²) < 4.78 is 47.1. The van der Waals surface area contributed by atoms with Crippen molar-refractivity contribution in [3.63, 3.8) is 0 Å². The van der Waals surface area contributed by atoms with E-state index in [1.807, 2.05) is 13.0 Å². The predicted octanol–water partition coefficient (Wildman–Crippen LogP) is 3.07. The Balaban J connectivity index is 1.57. The highest BCUT2D eigenvalue weighted by Crippen LogP contribution is 2.38. The minimum atomic E-state index is -4.44. The van der Waals surface area contributed by atoms with Gasteiger partial charge in [0.15, 0.2) is 18.1 Å². The van der Waals surface area contributed by atoms with Crippen LogP contribution < -0.4 is 25.2 Å². The van der Waals surface area contributed by atoms with Crippen LogP contribution in [0.2, 0.25) is 0 Å². The predicted molar refractivity (Wildman–Crippen MR) is 130 cm³/mol. The van der Waals surface area contributed by atoms with Crippen molar-refractivity contribution in [3.8, 4) is 11.5 Å². The molecule has 2 aromatic rings. The summed E-state index contributed by atoms with van der Waals surface area (Å²) in [6, 6.07) is 9.75. The van der Waals surface area contributed by atoms with Crippen molar-refractivity contribution in [2.75, 3.05) is 39.5 Å². The van der Waals surface area contributed by atoms with Crippen molar-refractivity contribution < 1.29 is 32.5 Å². The molecule has 36 heavy (non-hydrogen) atoms. The van der Waals surface area contributed by atoms with Crippen molar-refractivity contribution in [2.24, 2.45) is 5.73 Å². The van der Waals surface area contributed by atoms with Crippen LogP contribution in [0.3, 0.4) is 0 Å². The number of benzene rings is 2. The number of nitrogens with two attached hydrogens (primary N) is 1. The van der Waals surface area contributed by atoms with E-state index in [0.29, 0.717) is 38.0 Å². The summed E-state index contributed by atoms with van der Waals surface area (Å²) in [4.78, 5) is 12.2. The smallest absolute Gasteiger partial charge is 0.422 e. The number of fused-ring (bicyclic) bond motifs is 1. The molecule has 2 aromatic carbocycles. The second-order valence-corrected chi connectivity index (χ2v) is 8.94. The molecule has 0 bridgehead atoms. The van der Waals surface area contributed by atoms with E-state index >= 15 is 0 Å². The van der Waals surface area contributed by atoms with Crippen LogP contribution in [0.4, 0.5) is 18.9 Å². The van der Waals surface area contributed by atoms with Crippen LogP contribution in [0.25, 0.3) is 0 Å². The number of primary amides is 1. The molecule has 198 valence electrons. The molecular formula is C25H32F3N3O5. The van der Waals surface area contributed by atoms with Crippen LogP contribution in [0.1, 0.15) is 34.8 Å². The van der Waals surface area contributed by atoms with Crippen LogP contribution in [-0.2, 0) is 12.8 Å². The van der Waals surface area contributed by atoms with Gasteiger partial charge in [-0.05, 0) is 43.2 Å². The van der Waals surface area contributed by atoms with E-state index in [2.05, 4.69) is 5.32 Å². The minimum Gasteiger partial charge on any atom is -0.627 e. The third kappa shape index (κ3) is 7.33. The first-order valence-electron chi connectivity index (χ1n) is 11.8. The fourth-order valence-electron chi connectivity index (χ4n) is 4.44. The maximum Gasteiger partial charge on any atom is 0.422 e.